The predicted octanol–water partition coefficient (Wildman–Crippen LogP) is 4.80. The van der Waals surface area contributed by atoms with E-state index in [4.69, 9.17) is 0 Å². The zero-order valence-corrected chi connectivity index (χ0v) is 13.5. The number of amides is 1. The van der Waals surface area contributed by atoms with Gasteiger partial charge in [0.2, 0.25) is 0 Å². The van der Waals surface area contributed by atoms with Crippen LogP contribution >= 0.6 is 0 Å². The lowest BCUT2D eigenvalue weighted by molar-refractivity contribution is -0.137. The van der Waals surface area contributed by atoms with E-state index < -0.39 is 17.6 Å². The maximum atomic E-state index is 13.0. The molecule has 2 aromatic carbocycles. The maximum absolute atomic E-state index is 13.0. The molecule has 3 nitrogen and oxygen atoms in total. The van der Waals surface area contributed by atoms with Gasteiger partial charge in [-0.05, 0) is 44.2 Å². The number of nitrogens with zero attached hydrogens (tertiary/aromatic N) is 1. The molecule has 0 aliphatic rings. The first-order valence-electron chi connectivity index (χ1n) is 7.69. The number of hydrogen-bond donors (Lipinski definition) is 1. The number of benzene rings is 2. The van der Waals surface area contributed by atoms with Crippen molar-refractivity contribution in [2.24, 2.45) is 0 Å². The van der Waals surface area contributed by atoms with E-state index in [0.717, 1.165) is 12.1 Å². The van der Waals surface area contributed by atoms with Gasteiger partial charge in [-0.15, -0.1) is 0 Å². The van der Waals surface area contributed by atoms with Crippen molar-refractivity contribution in [1.29, 1.82) is 0 Å². The lowest BCUT2D eigenvalue weighted by Crippen LogP contribution is -2.24. The lowest BCUT2D eigenvalue weighted by atomic mass is 10.1. The summed E-state index contributed by atoms with van der Waals surface area (Å²) in [5.41, 5.74) is 0.321. The van der Waals surface area contributed by atoms with Crippen LogP contribution < -0.4 is 10.2 Å². The molecule has 0 aromatic heterocycles. The highest BCUT2D eigenvalue weighted by Gasteiger charge is 2.31. The van der Waals surface area contributed by atoms with Crippen molar-refractivity contribution < 1.29 is 18.0 Å². The van der Waals surface area contributed by atoms with Crippen molar-refractivity contribution >= 4 is 17.3 Å². The molecule has 0 atom stereocenters. The highest BCUT2D eigenvalue weighted by Crippen LogP contribution is 2.35. The van der Waals surface area contributed by atoms with Crippen LogP contribution in [0, 0.1) is 0 Å². The van der Waals surface area contributed by atoms with E-state index in [9.17, 15) is 18.0 Å². The zero-order chi connectivity index (χ0) is 17.7. The van der Waals surface area contributed by atoms with Gasteiger partial charge in [-0.1, -0.05) is 18.2 Å². The molecule has 0 aliphatic heterocycles. The third-order valence-corrected chi connectivity index (χ3v) is 3.71. The van der Waals surface area contributed by atoms with Gasteiger partial charge in [0, 0.05) is 18.7 Å². The van der Waals surface area contributed by atoms with E-state index in [0.29, 0.717) is 24.3 Å². The summed E-state index contributed by atoms with van der Waals surface area (Å²) in [6, 6.07) is 11.8. The topological polar surface area (TPSA) is 32.3 Å². The molecule has 0 saturated heterocycles. The number of carbonyl (C=O) groups is 1. The van der Waals surface area contributed by atoms with Crippen LogP contribution in [0.1, 0.15) is 29.8 Å². The number of carbonyl (C=O) groups excluding carboxylic acids is 1. The highest BCUT2D eigenvalue weighted by atomic mass is 19.4. The SMILES string of the molecule is CCN(CC)c1ccc(C(F)(F)F)cc1NC(=O)c1ccccc1. The second-order valence-electron chi connectivity index (χ2n) is 5.22. The van der Waals surface area contributed by atoms with Crippen molar-refractivity contribution in [2.45, 2.75) is 20.0 Å². The first-order valence-corrected chi connectivity index (χ1v) is 7.69. The Bertz CT molecular complexity index is 695. The molecule has 0 radical (unpaired) electrons. The summed E-state index contributed by atoms with van der Waals surface area (Å²) >= 11 is 0. The first-order chi connectivity index (χ1) is 11.4. The van der Waals surface area contributed by atoms with Gasteiger partial charge in [0.15, 0.2) is 0 Å². The van der Waals surface area contributed by atoms with Gasteiger partial charge in [0.25, 0.3) is 5.91 Å². The van der Waals surface area contributed by atoms with Crippen LogP contribution in [0.2, 0.25) is 0 Å². The van der Waals surface area contributed by atoms with Crippen LogP contribution in [0.15, 0.2) is 48.5 Å². The molecule has 2 aromatic rings. The maximum Gasteiger partial charge on any atom is 0.416 e. The van der Waals surface area contributed by atoms with Crippen LogP contribution in [0.25, 0.3) is 0 Å². The molecule has 2 rings (SSSR count). The van der Waals surface area contributed by atoms with Crippen molar-refractivity contribution in [3.63, 3.8) is 0 Å². The second kappa shape index (κ2) is 7.38. The zero-order valence-electron chi connectivity index (χ0n) is 13.5. The van der Waals surface area contributed by atoms with E-state index in [2.05, 4.69) is 5.32 Å². The molecule has 128 valence electrons. The van der Waals surface area contributed by atoms with Crippen molar-refractivity contribution in [1.82, 2.24) is 0 Å². The first kappa shape index (κ1) is 17.8. The molecule has 1 N–H and O–H groups in total. The van der Waals surface area contributed by atoms with Gasteiger partial charge in [-0.2, -0.15) is 13.2 Å². The molecule has 0 bridgehead atoms. The largest absolute Gasteiger partial charge is 0.416 e. The molecule has 0 unspecified atom stereocenters. The quantitative estimate of drug-likeness (QED) is 0.850. The molecule has 24 heavy (non-hydrogen) atoms. The third kappa shape index (κ3) is 4.07. The Labute approximate surface area is 139 Å². The molecule has 0 spiro atoms. The fourth-order valence-electron chi connectivity index (χ4n) is 2.44. The van der Waals surface area contributed by atoms with Crippen LogP contribution in [-0.2, 0) is 6.18 Å². The van der Waals surface area contributed by atoms with Crippen LogP contribution in [0.5, 0.6) is 0 Å². The van der Waals surface area contributed by atoms with Gasteiger partial charge in [0.05, 0.1) is 16.9 Å². The molecule has 0 saturated carbocycles. The number of nitrogens with one attached hydrogen (secondary N) is 1. The summed E-state index contributed by atoms with van der Waals surface area (Å²) in [7, 11) is 0. The summed E-state index contributed by atoms with van der Waals surface area (Å²) in [6.45, 7) is 5.06. The summed E-state index contributed by atoms with van der Waals surface area (Å²) in [5.74, 6) is -0.441. The Kier molecular flexibility index (Phi) is 5.49. The minimum absolute atomic E-state index is 0.155. The second-order valence-corrected chi connectivity index (χ2v) is 5.22. The molecule has 0 aliphatic carbocycles. The number of halogens is 3. The summed E-state index contributed by atoms with van der Waals surface area (Å²) in [4.78, 5) is 14.2. The average Bonchev–Trinajstić information content (AvgIpc) is 2.57. The van der Waals surface area contributed by atoms with Gasteiger partial charge in [0.1, 0.15) is 0 Å². The number of alkyl halides is 3. The average molecular weight is 336 g/mol. The minimum atomic E-state index is -4.46. The van der Waals surface area contributed by atoms with Crippen molar-refractivity contribution in [3.8, 4) is 0 Å². The Balaban J connectivity index is 2.42. The molecule has 0 heterocycles. The fraction of sp³-hybridized carbons (Fsp3) is 0.278. The number of hydrogen-bond acceptors (Lipinski definition) is 2. The normalized spacial score (nSPS) is 11.2. The van der Waals surface area contributed by atoms with Gasteiger partial charge >= 0.3 is 6.18 Å². The number of anilines is 2. The van der Waals surface area contributed by atoms with Crippen molar-refractivity contribution in [2.75, 3.05) is 23.3 Å². The standard InChI is InChI=1S/C18H19F3N2O/c1-3-23(4-2)16-11-10-14(18(19,20)21)12-15(16)22-17(24)13-8-6-5-7-9-13/h5-12H,3-4H2,1-2H3,(H,22,24). The van der Waals surface area contributed by atoms with E-state index in [1.165, 1.54) is 6.07 Å². The summed E-state index contributed by atoms with van der Waals surface area (Å²) in [5, 5.41) is 2.61. The monoisotopic (exact) mass is 336 g/mol. The third-order valence-electron chi connectivity index (χ3n) is 3.71. The Hall–Kier alpha value is -2.50. The fourth-order valence-corrected chi connectivity index (χ4v) is 2.44. The van der Waals surface area contributed by atoms with E-state index in [1.54, 1.807) is 30.3 Å². The van der Waals surface area contributed by atoms with E-state index in [1.807, 2.05) is 18.7 Å². The Morgan fingerprint density at radius 3 is 2.21 bits per heavy atom. The summed E-state index contributed by atoms with van der Waals surface area (Å²) < 4.78 is 39.0. The summed E-state index contributed by atoms with van der Waals surface area (Å²) in [6.07, 6.45) is -4.46. The number of rotatable bonds is 5. The van der Waals surface area contributed by atoms with E-state index >= 15 is 0 Å². The van der Waals surface area contributed by atoms with Gasteiger partial charge in [-0.25, -0.2) is 0 Å². The van der Waals surface area contributed by atoms with Gasteiger partial charge in [-0.3, -0.25) is 4.79 Å². The smallest absolute Gasteiger partial charge is 0.370 e. The lowest BCUT2D eigenvalue weighted by Gasteiger charge is -2.25. The Morgan fingerprint density at radius 1 is 1.04 bits per heavy atom. The van der Waals surface area contributed by atoms with Gasteiger partial charge < -0.3 is 10.2 Å². The van der Waals surface area contributed by atoms with E-state index in [-0.39, 0.29) is 5.69 Å². The minimum Gasteiger partial charge on any atom is -0.370 e. The highest BCUT2D eigenvalue weighted by molar-refractivity contribution is 6.06. The van der Waals surface area contributed by atoms with Crippen LogP contribution in [0.4, 0.5) is 24.5 Å². The van der Waals surface area contributed by atoms with Crippen LogP contribution in [0.3, 0.4) is 0 Å². The Morgan fingerprint density at radius 2 is 1.67 bits per heavy atom. The molecular weight excluding hydrogens is 317 g/mol. The molecule has 6 heteroatoms. The molecule has 0 fully saturated rings. The molecular formula is C18H19F3N2O. The predicted molar refractivity (Wildman–Crippen MR) is 89.4 cm³/mol. The van der Waals surface area contributed by atoms with Crippen LogP contribution in [-0.4, -0.2) is 19.0 Å². The molecule has 1 amide bonds. The van der Waals surface area contributed by atoms with Crippen molar-refractivity contribution in [3.05, 3.63) is 59.7 Å².